The van der Waals surface area contributed by atoms with E-state index in [2.05, 4.69) is 20.5 Å². The molecule has 1 aliphatic carbocycles. The molecule has 134 valence electrons. The Hall–Kier alpha value is -2.02. The molecule has 0 unspecified atom stereocenters. The quantitative estimate of drug-likeness (QED) is 0.737. The maximum atomic E-state index is 12.3. The summed E-state index contributed by atoms with van der Waals surface area (Å²) < 4.78 is 5.11. The first kappa shape index (κ1) is 17.8. The standard InChI is InChI=1S/C18H24N4O2S/c1-12(17(23)19-14-7-9-15(24-2)10-8-14)25-18-20-16(21-22-18)11-13-5-3-4-6-13/h7-10,12-13H,3-6,11H2,1-2H3,(H,19,23)(H,20,21,22)/t12-/m0/s1. The van der Waals surface area contributed by atoms with E-state index in [0.29, 0.717) is 5.16 Å². The summed E-state index contributed by atoms with van der Waals surface area (Å²) in [6.45, 7) is 1.86. The summed E-state index contributed by atoms with van der Waals surface area (Å²) in [5.41, 5.74) is 0.746. The molecule has 1 saturated carbocycles. The first-order valence-electron chi connectivity index (χ1n) is 8.67. The van der Waals surface area contributed by atoms with Gasteiger partial charge < -0.3 is 10.1 Å². The van der Waals surface area contributed by atoms with E-state index in [1.807, 2.05) is 31.2 Å². The highest BCUT2D eigenvalue weighted by atomic mass is 32.2. The number of thioether (sulfide) groups is 1. The number of anilines is 1. The van der Waals surface area contributed by atoms with Crippen molar-refractivity contribution in [2.75, 3.05) is 12.4 Å². The number of hydrogen-bond donors (Lipinski definition) is 2. The molecule has 6 nitrogen and oxygen atoms in total. The van der Waals surface area contributed by atoms with E-state index in [4.69, 9.17) is 4.74 Å². The van der Waals surface area contributed by atoms with E-state index in [1.54, 1.807) is 7.11 Å². The molecule has 25 heavy (non-hydrogen) atoms. The number of amides is 1. The minimum Gasteiger partial charge on any atom is -0.497 e. The number of carbonyl (C=O) groups excluding carboxylic acids is 1. The van der Waals surface area contributed by atoms with Crippen LogP contribution in [0.5, 0.6) is 5.75 Å². The number of aromatic amines is 1. The van der Waals surface area contributed by atoms with E-state index in [9.17, 15) is 4.79 Å². The van der Waals surface area contributed by atoms with Crippen LogP contribution < -0.4 is 10.1 Å². The zero-order valence-electron chi connectivity index (χ0n) is 14.6. The van der Waals surface area contributed by atoms with Crippen molar-refractivity contribution in [1.82, 2.24) is 15.2 Å². The van der Waals surface area contributed by atoms with Crippen molar-refractivity contribution in [3.05, 3.63) is 30.1 Å². The van der Waals surface area contributed by atoms with Crippen LogP contribution in [-0.2, 0) is 11.2 Å². The normalized spacial score (nSPS) is 15.9. The van der Waals surface area contributed by atoms with Crippen LogP contribution in [0, 0.1) is 5.92 Å². The minimum atomic E-state index is -0.280. The molecule has 1 fully saturated rings. The Labute approximate surface area is 152 Å². The predicted molar refractivity (Wildman–Crippen MR) is 99.0 cm³/mol. The average Bonchev–Trinajstić information content (AvgIpc) is 3.28. The molecule has 1 atom stereocenters. The van der Waals surface area contributed by atoms with Crippen LogP contribution >= 0.6 is 11.8 Å². The van der Waals surface area contributed by atoms with Gasteiger partial charge in [-0.25, -0.2) is 4.98 Å². The zero-order chi connectivity index (χ0) is 17.6. The monoisotopic (exact) mass is 360 g/mol. The highest BCUT2D eigenvalue weighted by Gasteiger charge is 2.20. The molecule has 1 aliphatic rings. The molecule has 1 amide bonds. The maximum Gasteiger partial charge on any atom is 0.237 e. The van der Waals surface area contributed by atoms with Gasteiger partial charge in [-0.2, -0.15) is 0 Å². The van der Waals surface area contributed by atoms with Gasteiger partial charge in [-0.05, 0) is 37.1 Å². The van der Waals surface area contributed by atoms with Crippen molar-refractivity contribution in [3.63, 3.8) is 0 Å². The van der Waals surface area contributed by atoms with Gasteiger partial charge in [0.05, 0.1) is 12.4 Å². The number of rotatable bonds is 7. The van der Waals surface area contributed by atoms with Crippen LogP contribution in [0.15, 0.2) is 29.4 Å². The molecule has 0 spiro atoms. The number of benzene rings is 1. The molecule has 0 saturated heterocycles. The molecule has 1 aromatic carbocycles. The average molecular weight is 360 g/mol. The van der Waals surface area contributed by atoms with Gasteiger partial charge in [0, 0.05) is 12.1 Å². The second kappa shape index (κ2) is 8.38. The van der Waals surface area contributed by atoms with Gasteiger partial charge in [-0.1, -0.05) is 37.4 Å². The van der Waals surface area contributed by atoms with E-state index in [0.717, 1.165) is 29.6 Å². The number of hydrogen-bond acceptors (Lipinski definition) is 5. The van der Waals surface area contributed by atoms with Gasteiger partial charge in [0.15, 0.2) is 0 Å². The van der Waals surface area contributed by atoms with Gasteiger partial charge in [0.1, 0.15) is 11.6 Å². The van der Waals surface area contributed by atoms with E-state index in [1.165, 1.54) is 37.4 Å². The molecular weight excluding hydrogens is 336 g/mol. The lowest BCUT2D eigenvalue weighted by atomic mass is 10.0. The fraction of sp³-hybridized carbons (Fsp3) is 0.500. The third-order valence-electron chi connectivity index (χ3n) is 4.48. The van der Waals surface area contributed by atoms with Crippen molar-refractivity contribution >= 4 is 23.4 Å². The Morgan fingerprint density at radius 1 is 1.36 bits per heavy atom. The summed E-state index contributed by atoms with van der Waals surface area (Å²) in [6.07, 6.45) is 6.17. The van der Waals surface area contributed by atoms with Crippen molar-refractivity contribution in [2.45, 2.75) is 49.4 Å². The molecule has 3 rings (SSSR count). The molecule has 2 N–H and O–H groups in total. The zero-order valence-corrected chi connectivity index (χ0v) is 15.4. The number of aromatic nitrogens is 3. The van der Waals surface area contributed by atoms with Crippen LogP contribution in [0.2, 0.25) is 0 Å². The van der Waals surface area contributed by atoms with E-state index in [-0.39, 0.29) is 11.2 Å². The molecule has 7 heteroatoms. The number of nitrogens with one attached hydrogen (secondary N) is 2. The van der Waals surface area contributed by atoms with Gasteiger partial charge in [-0.3, -0.25) is 9.89 Å². The summed E-state index contributed by atoms with van der Waals surface area (Å²) >= 11 is 1.37. The molecule has 0 radical (unpaired) electrons. The Balaban J connectivity index is 1.51. The van der Waals surface area contributed by atoms with Crippen molar-refractivity contribution in [3.8, 4) is 5.75 Å². The maximum absolute atomic E-state index is 12.3. The number of carbonyl (C=O) groups is 1. The van der Waals surface area contributed by atoms with Crippen molar-refractivity contribution < 1.29 is 9.53 Å². The van der Waals surface area contributed by atoms with Crippen LogP contribution in [-0.4, -0.2) is 33.4 Å². The van der Waals surface area contributed by atoms with Crippen LogP contribution in [0.25, 0.3) is 0 Å². The number of methoxy groups -OCH3 is 1. The first-order chi connectivity index (χ1) is 12.1. The van der Waals surface area contributed by atoms with E-state index >= 15 is 0 Å². The van der Waals surface area contributed by atoms with Gasteiger partial charge in [-0.15, -0.1) is 5.10 Å². The lowest BCUT2D eigenvalue weighted by molar-refractivity contribution is -0.115. The van der Waals surface area contributed by atoms with Gasteiger partial charge >= 0.3 is 0 Å². The predicted octanol–water partition coefficient (Wildman–Crippen LogP) is 3.67. The molecule has 1 aromatic heterocycles. The molecule has 0 aliphatic heterocycles. The molecular formula is C18H24N4O2S. The summed E-state index contributed by atoms with van der Waals surface area (Å²) in [7, 11) is 1.62. The molecule has 2 aromatic rings. The topological polar surface area (TPSA) is 79.9 Å². The van der Waals surface area contributed by atoms with Crippen LogP contribution in [0.4, 0.5) is 5.69 Å². The smallest absolute Gasteiger partial charge is 0.237 e. The third-order valence-corrected chi connectivity index (χ3v) is 5.44. The Morgan fingerprint density at radius 2 is 2.08 bits per heavy atom. The number of H-pyrrole nitrogens is 1. The van der Waals surface area contributed by atoms with Crippen molar-refractivity contribution in [1.29, 1.82) is 0 Å². The summed E-state index contributed by atoms with van der Waals surface area (Å²) in [6, 6.07) is 7.28. The lowest BCUT2D eigenvalue weighted by Gasteiger charge is -2.10. The lowest BCUT2D eigenvalue weighted by Crippen LogP contribution is -2.22. The third kappa shape index (κ3) is 4.98. The highest BCUT2D eigenvalue weighted by molar-refractivity contribution is 8.00. The summed E-state index contributed by atoms with van der Waals surface area (Å²) in [5.74, 6) is 2.34. The second-order valence-corrected chi connectivity index (χ2v) is 7.71. The number of nitrogens with zero attached hydrogens (tertiary/aromatic N) is 2. The Morgan fingerprint density at radius 3 is 2.76 bits per heavy atom. The fourth-order valence-corrected chi connectivity index (χ4v) is 3.78. The van der Waals surface area contributed by atoms with Gasteiger partial charge in [0.25, 0.3) is 0 Å². The second-order valence-electron chi connectivity index (χ2n) is 6.40. The Bertz CT molecular complexity index is 695. The SMILES string of the molecule is COc1ccc(NC(=O)[C@H](C)Sc2n[nH]c(CC3CCCC3)n2)cc1. The fourth-order valence-electron chi connectivity index (χ4n) is 3.04. The first-order valence-corrected chi connectivity index (χ1v) is 9.55. The van der Waals surface area contributed by atoms with Crippen LogP contribution in [0.3, 0.4) is 0 Å². The summed E-state index contributed by atoms with van der Waals surface area (Å²) in [4.78, 5) is 16.9. The largest absolute Gasteiger partial charge is 0.497 e. The molecule has 1 heterocycles. The summed E-state index contributed by atoms with van der Waals surface area (Å²) in [5, 5.41) is 10.5. The minimum absolute atomic E-state index is 0.0719. The van der Waals surface area contributed by atoms with Crippen LogP contribution in [0.1, 0.15) is 38.4 Å². The Kier molecular flexibility index (Phi) is 5.96. The van der Waals surface area contributed by atoms with E-state index < -0.39 is 0 Å². The molecule has 0 bridgehead atoms. The van der Waals surface area contributed by atoms with Crippen molar-refractivity contribution in [2.24, 2.45) is 5.92 Å². The number of ether oxygens (including phenoxy) is 1. The van der Waals surface area contributed by atoms with Gasteiger partial charge in [0.2, 0.25) is 11.1 Å². The highest BCUT2D eigenvalue weighted by Crippen LogP contribution is 2.28.